The highest BCUT2D eigenvalue weighted by molar-refractivity contribution is 6.33. The van der Waals surface area contributed by atoms with Gasteiger partial charge in [-0.1, -0.05) is 29.8 Å². The quantitative estimate of drug-likeness (QED) is 0.753. The third-order valence-corrected chi connectivity index (χ3v) is 2.87. The predicted molar refractivity (Wildman–Crippen MR) is 66.3 cm³/mol. The Labute approximate surface area is 107 Å². The summed E-state index contributed by atoms with van der Waals surface area (Å²) in [5.41, 5.74) is 6.71. The number of benzene rings is 2. The van der Waals surface area contributed by atoms with Crippen molar-refractivity contribution in [2.45, 2.75) is 6.18 Å². The van der Waals surface area contributed by atoms with Gasteiger partial charge >= 0.3 is 6.18 Å². The van der Waals surface area contributed by atoms with Gasteiger partial charge < -0.3 is 5.73 Å². The van der Waals surface area contributed by atoms with Gasteiger partial charge in [-0.25, -0.2) is 0 Å². The van der Waals surface area contributed by atoms with E-state index in [2.05, 4.69) is 0 Å². The third kappa shape index (κ3) is 2.59. The summed E-state index contributed by atoms with van der Waals surface area (Å²) in [6, 6.07) is 9.85. The molecule has 0 bridgehead atoms. The Morgan fingerprint density at radius 3 is 1.94 bits per heavy atom. The third-order valence-electron chi connectivity index (χ3n) is 2.55. The van der Waals surface area contributed by atoms with E-state index in [1.807, 2.05) is 0 Å². The minimum atomic E-state index is -4.32. The summed E-state index contributed by atoms with van der Waals surface area (Å²) in [5.74, 6) is 0. The van der Waals surface area contributed by atoms with E-state index in [1.165, 1.54) is 12.1 Å². The SMILES string of the molecule is Nc1ccc(-c2ccc(C(F)(F)F)cc2)cc1Cl. The van der Waals surface area contributed by atoms with Crippen LogP contribution in [0.3, 0.4) is 0 Å². The monoisotopic (exact) mass is 271 g/mol. The highest BCUT2D eigenvalue weighted by Crippen LogP contribution is 2.32. The first-order valence-corrected chi connectivity index (χ1v) is 5.48. The van der Waals surface area contributed by atoms with Crippen molar-refractivity contribution < 1.29 is 13.2 Å². The lowest BCUT2D eigenvalue weighted by molar-refractivity contribution is -0.137. The van der Waals surface area contributed by atoms with Crippen LogP contribution < -0.4 is 5.73 Å². The maximum atomic E-state index is 12.4. The number of alkyl halides is 3. The molecule has 2 aromatic rings. The van der Waals surface area contributed by atoms with Crippen LogP contribution in [0.1, 0.15) is 5.56 Å². The molecule has 0 saturated heterocycles. The van der Waals surface area contributed by atoms with Gasteiger partial charge in [0.05, 0.1) is 16.3 Å². The van der Waals surface area contributed by atoms with E-state index in [9.17, 15) is 13.2 Å². The summed E-state index contributed by atoms with van der Waals surface area (Å²) in [5, 5.41) is 0.382. The normalized spacial score (nSPS) is 11.6. The van der Waals surface area contributed by atoms with Gasteiger partial charge in [0, 0.05) is 0 Å². The first-order chi connectivity index (χ1) is 8.38. The molecule has 2 rings (SSSR count). The fourth-order valence-electron chi connectivity index (χ4n) is 1.56. The molecule has 5 heteroatoms. The summed E-state index contributed by atoms with van der Waals surface area (Å²) in [4.78, 5) is 0. The molecule has 0 heterocycles. The van der Waals surface area contributed by atoms with Crippen molar-refractivity contribution in [3.05, 3.63) is 53.1 Å². The van der Waals surface area contributed by atoms with E-state index in [4.69, 9.17) is 17.3 Å². The van der Waals surface area contributed by atoms with Gasteiger partial charge in [-0.15, -0.1) is 0 Å². The van der Waals surface area contributed by atoms with Crippen LogP contribution in [0.5, 0.6) is 0 Å². The zero-order chi connectivity index (χ0) is 13.3. The topological polar surface area (TPSA) is 26.0 Å². The number of halogens is 4. The fourth-order valence-corrected chi connectivity index (χ4v) is 1.74. The van der Waals surface area contributed by atoms with E-state index >= 15 is 0 Å². The Morgan fingerprint density at radius 2 is 1.44 bits per heavy atom. The van der Waals surface area contributed by atoms with Gasteiger partial charge in [-0.3, -0.25) is 0 Å². The van der Waals surface area contributed by atoms with Crippen LogP contribution in [0.4, 0.5) is 18.9 Å². The largest absolute Gasteiger partial charge is 0.416 e. The van der Waals surface area contributed by atoms with Crippen molar-refractivity contribution >= 4 is 17.3 Å². The molecule has 0 aromatic heterocycles. The summed E-state index contributed by atoms with van der Waals surface area (Å²) in [7, 11) is 0. The molecule has 0 radical (unpaired) electrons. The van der Waals surface area contributed by atoms with Crippen LogP contribution in [0, 0.1) is 0 Å². The summed E-state index contributed by atoms with van der Waals surface area (Å²) < 4.78 is 37.2. The van der Waals surface area contributed by atoms with Crippen LogP contribution >= 0.6 is 11.6 Å². The first kappa shape index (κ1) is 12.8. The van der Waals surface area contributed by atoms with Crippen LogP contribution in [0.15, 0.2) is 42.5 Å². The molecular weight excluding hydrogens is 263 g/mol. The van der Waals surface area contributed by atoms with Crippen molar-refractivity contribution in [3.63, 3.8) is 0 Å². The van der Waals surface area contributed by atoms with Gasteiger partial charge in [0.15, 0.2) is 0 Å². The van der Waals surface area contributed by atoms with Crippen molar-refractivity contribution in [2.75, 3.05) is 5.73 Å². The van der Waals surface area contributed by atoms with Crippen LogP contribution in [0.25, 0.3) is 11.1 Å². The van der Waals surface area contributed by atoms with Gasteiger partial charge in [0.2, 0.25) is 0 Å². The summed E-state index contributed by atoms with van der Waals surface area (Å²) >= 11 is 5.86. The second kappa shape index (κ2) is 4.53. The highest BCUT2D eigenvalue weighted by atomic mass is 35.5. The van der Waals surface area contributed by atoms with Crippen molar-refractivity contribution in [1.29, 1.82) is 0 Å². The van der Waals surface area contributed by atoms with E-state index in [1.54, 1.807) is 18.2 Å². The lowest BCUT2D eigenvalue weighted by Crippen LogP contribution is -2.03. The number of nitrogens with two attached hydrogens (primary N) is 1. The average Bonchev–Trinajstić information content (AvgIpc) is 2.32. The minimum Gasteiger partial charge on any atom is -0.398 e. The van der Waals surface area contributed by atoms with Gasteiger partial charge in [0.25, 0.3) is 0 Å². The van der Waals surface area contributed by atoms with E-state index in [0.717, 1.165) is 17.7 Å². The zero-order valence-corrected chi connectivity index (χ0v) is 9.89. The van der Waals surface area contributed by atoms with E-state index in [0.29, 0.717) is 16.3 Å². The lowest BCUT2D eigenvalue weighted by atomic mass is 10.0. The van der Waals surface area contributed by atoms with Crippen LogP contribution in [-0.2, 0) is 6.18 Å². The molecule has 0 unspecified atom stereocenters. The Kier molecular flexibility index (Phi) is 3.22. The second-order valence-corrected chi connectivity index (χ2v) is 4.22. The number of rotatable bonds is 1. The Balaban J connectivity index is 2.37. The smallest absolute Gasteiger partial charge is 0.398 e. The number of nitrogen functional groups attached to an aromatic ring is 1. The van der Waals surface area contributed by atoms with Gasteiger partial charge in [0.1, 0.15) is 0 Å². The summed E-state index contributed by atoms with van der Waals surface area (Å²) in [6.07, 6.45) is -4.32. The van der Waals surface area contributed by atoms with E-state index < -0.39 is 11.7 Å². The Hall–Kier alpha value is -1.68. The molecule has 0 atom stereocenters. The van der Waals surface area contributed by atoms with Crippen molar-refractivity contribution in [2.24, 2.45) is 0 Å². The Bertz CT molecular complexity index is 561. The molecule has 0 saturated carbocycles. The van der Waals surface area contributed by atoms with Crippen LogP contribution in [0.2, 0.25) is 5.02 Å². The maximum absolute atomic E-state index is 12.4. The number of anilines is 1. The molecule has 2 aromatic carbocycles. The molecule has 0 fully saturated rings. The van der Waals surface area contributed by atoms with Gasteiger partial charge in [-0.05, 0) is 35.4 Å². The predicted octanol–water partition coefficient (Wildman–Crippen LogP) is 4.61. The lowest BCUT2D eigenvalue weighted by Gasteiger charge is -2.08. The molecule has 2 N–H and O–H groups in total. The van der Waals surface area contributed by atoms with Crippen molar-refractivity contribution in [3.8, 4) is 11.1 Å². The number of hydrogen-bond acceptors (Lipinski definition) is 1. The van der Waals surface area contributed by atoms with Crippen LogP contribution in [-0.4, -0.2) is 0 Å². The first-order valence-electron chi connectivity index (χ1n) is 5.10. The summed E-state index contributed by atoms with van der Waals surface area (Å²) in [6.45, 7) is 0. The highest BCUT2D eigenvalue weighted by Gasteiger charge is 2.29. The maximum Gasteiger partial charge on any atom is 0.416 e. The molecule has 0 aliphatic rings. The molecule has 94 valence electrons. The molecule has 1 nitrogen and oxygen atoms in total. The molecule has 0 aliphatic heterocycles. The van der Waals surface area contributed by atoms with Crippen molar-refractivity contribution in [1.82, 2.24) is 0 Å². The fraction of sp³-hybridized carbons (Fsp3) is 0.0769. The number of hydrogen-bond donors (Lipinski definition) is 1. The second-order valence-electron chi connectivity index (χ2n) is 3.81. The molecule has 18 heavy (non-hydrogen) atoms. The molecule has 0 amide bonds. The Morgan fingerprint density at radius 1 is 0.889 bits per heavy atom. The minimum absolute atomic E-state index is 0.382. The molecule has 0 spiro atoms. The van der Waals surface area contributed by atoms with E-state index in [-0.39, 0.29) is 0 Å². The molecule has 0 aliphatic carbocycles. The average molecular weight is 272 g/mol. The molecular formula is C13H9ClF3N. The standard InChI is InChI=1S/C13H9ClF3N/c14-11-7-9(3-6-12(11)18)8-1-4-10(5-2-8)13(15,16)17/h1-7H,18H2. The van der Waals surface area contributed by atoms with Gasteiger partial charge in [-0.2, -0.15) is 13.2 Å². The zero-order valence-electron chi connectivity index (χ0n) is 9.13.